The van der Waals surface area contributed by atoms with Gasteiger partial charge in [0.25, 0.3) is 15.9 Å². The number of rotatable bonds is 7. The molecule has 3 aromatic carbocycles. The van der Waals surface area contributed by atoms with Crippen LogP contribution in [-0.2, 0) is 14.8 Å². The van der Waals surface area contributed by atoms with Gasteiger partial charge in [-0.2, -0.15) is 0 Å². The summed E-state index contributed by atoms with van der Waals surface area (Å²) < 4.78 is 27.5. The summed E-state index contributed by atoms with van der Waals surface area (Å²) >= 11 is 12.2. The fraction of sp³-hybridized carbons (Fsp3) is 0.0476. The lowest BCUT2D eigenvalue weighted by molar-refractivity contribution is -0.114. The van der Waals surface area contributed by atoms with Crippen LogP contribution in [0.15, 0.2) is 77.7 Å². The molecule has 0 aliphatic carbocycles. The van der Waals surface area contributed by atoms with E-state index in [2.05, 4.69) is 5.32 Å². The second kappa shape index (κ2) is 9.38. The molecule has 160 valence electrons. The highest BCUT2D eigenvalue weighted by Crippen LogP contribution is 2.32. The van der Waals surface area contributed by atoms with E-state index in [1.165, 1.54) is 42.5 Å². The fourth-order valence-corrected chi connectivity index (χ4v) is 4.85. The highest BCUT2D eigenvalue weighted by atomic mass is 35.5. The van der Waals surface area contributed by atoms with Gasteiger partial charge in [0.05, 0.1) is 26.9 Å². The molecule has 10 heteroatoms. The summed E-state index contributed by atoms with van der Waals surface area (Å²) in [5.74, 6) is -1.43. The lowest BCUT2D eigenvalue weighted by atomic mass is 10.1. The number of sulfonamides is 1. The maximum absolute atomic E-state index is 13.3. The van der Waals surface area contributed by atoms with Crippen molar-refractivity contribution in [2.45, 2.75) is 4.90 Å². The quantitative estimate of drug-likeness (QED) is 0.536. The van der Waals surface area contributed by atoms with Crippen molar-refractivity contribution in [1.29, 1.82) is 0 Å². The number of carbonyl (C=O) groups is 2. The molecule has 31 heavy (non-hydrogen) atoms. The van der Waals surface area contributed by atoms with Gasteiger partial charge in [0, 0.05) is 5.02 Å². The Balaban J connectivity index is 2.00. The van der Waals surface area contributed by atoms with Gasteiger partial charge in [-0.15, -0.1) is 0 Å². The molecule has 0 saturated carbocycles. The minimum Gasteiger partial charge on any atom is -0.366 e. The Labute approximate surface area is 189 Å². The first-order chi connectivity index (χ1) is 14.7. The monoisotopic (exact) mass is 477 g/mol. The van der Waals surface area contributed by atoms with Crippen molar-refractivity contribution < 1.29 is 18.0 Å². The van der Waals surface area contributed by atoms with Crippen molar-refractivity contribution in [2.75, 3.05) is 16.2 Å². The Morgan fingerprint density at radius 1 is 0.935 bits per heavy atom. The van der Waals surface area contributed by atoms with Gasteiger partial charge in [-0.05, 0) is 42.5 Å². The van der Waals surface area contributed by atoms with Crippen LogP contribution in [0.2, 0.25) is 10.0 Å². The number of halogens is 2. The molecule has 3 N–H and O–H groups in total. The van der Waals surface area contributed by atoms with Gasteiger partial charge in [0.2, 0.25) is 5.91 Å². The molecular formula is C21H17Cl2N3O4S. The first-order valence-corrected chi connectivity index (χ1v) is 11.1. The van der Waals surface area contributed by atoms with Gasteiger partial charge in [-0.25, -0.2) is 8.42 Å². The molecule has 0 unspecified atom stereocenters. The SMILES string of the molecule is NC(=O)c1ccccc1NC(=O)CN(c1ccc(Cl)cc1Cl)S(=O)(=O)c1ccccc1. The van der Waals surface area contributed by atoms with Crippen molar-refractivity contribution in [2.24, 2.45) is 5.73 Å². The third-order valence-electron chi connectivity index (χ3n) is 4.26. The number of amides is 2. The Morgan fingerprint density at radius 2 is 1.58 bits per heavy atom. The Hall–Kier alpha value is -3.07. The topological polar surface area (TPSA) is 110 Å². The van der Waals surface area contributed by atoms with E-state index in [0.717, 1.165) is 4.31 Å². The molecule has 0 saturated heterocycles. The summed E-state index contributed by atoms with van der Waals surface area (Å²) in [6, 6.07) is 18.0. The van der Waals surface area contributed by atoms with Crippen LogP contribution in [0.4, 0.5) is 11.4 Å². The summed E-state index contributed by atoms with van der Waals surface area (Å²) in [5.41, 5.74) is 5.67. The molecule has 2 amide bonds. The van der Waals surface area contributed by atoms with Gasteiger partial charge in [0.15, 0.2) is 0 Å². The van der Waals surface area contributed by atoms with Gasteiger partial charge in [-0.1, -0.05) is 53.5 Å². The predicted octanol–water partition coefficient (Wildman–Crippen LogP) is 3.93. The number of anilines is 2. The second-order valence-electron chi connectivity index (χ2n) is 6.38. The van der Waals surface area contributed by atoms with E-state index in [1.54, 1.807) is 30.3 Å². The highest BCUT2D eigenvalue weighted by Gasteiger charge is 2.29. The lowest BCUT2D eigenvalue weighted by Gasteiger charge is -2.25. The average molecular weight is 478 g/mol. The number of para-hydroxylation sites is 1. The number of nitrogens with zero attached hydrogens (tertiary/aromatic N) is 1. The molecule has 0 fully saturated rings. The summed E-state index contributed by atoms with van der Waals surface area (Å²) in [6.07, 6.45) is 0. The highest BCUT2D eigenvalue weighted by molar-refractivity contribution is 7.92. The van der Waals surface area contributed by atoms with E-state index < -0.39 is 28.4 Å². The minimum absolute atomic E-state index is 0.0219. The van der Waals surface area contributed by atoms with Gasteiger partial charge in [0.1, 0.15) is 6.54 Å². The summed E-state index contributed by atoms with van der Waals surface area (Å²) in [7, 11) is -4.15. The number of hydrogen-bond donors (Lipinski definition) is 2. The van der Waals surface area contributed by atoms with Crippen LogP contribution in [0.5, 0.6) is 0 Å². The molecule has 0 bridgehead atoms. The van der Waals surface area contributed by atoms with E-state index in [-0.39, 0.29) is 26.9 Å². The molecule has 7 nitrogen and oxygen atoms in total. The van der Waals surface area contributed by atoms with Crippen LogP contribution in [-0.4, -0.2) is 26.8 Å². The van der Waals surface area contributed by atoms with Crippen LogP contribution < -0.4 is 15.4 Å². The molecule has 0 radical (unpaired) electrons. The van der Waals surface area contributed by atoms with Crippen molar-refractivity contribution in [3.8, 4) is 0 Å². The molecule has 0 atom stereocenters. The first-order valence-electron chi connectivity index (χ1n) is 8.91. The number of nitrogens with two attached hydrogens (primary N) is 1. The predicted molar refractivity (Wildman–Crippen MR) is 121 cm³/mol. The normalized spacial score (nSPS) is 11.0. The standard InChI is InChI=1S/C21H17Cl2N3O4S/c22-14-10-11-19(17(23)12-14)26(31(29,30)15-6-2-1-3-7-15)13-20(27)25-18-9-5-4-8-16(18)21(24)28/h1-12H,13H2,(H2,24,28)(H,25,27). The van der Waals surface area contributed by atoms with Crippen LogP contribution in [0.1, 0.15) is 10.4 Å². The number of primary amides is 1. The second-order valence-corrected chi connectivity index (χ2v) is 9.08. The van der Waals surface area contributed by atoms with Crippen molar-refractivity contribution in [3.05, 3.63) is 88.4 Å². The summed E-state index contributed by atoms with van der Waals surface area (Å²) in [6.45, 7) is -0.605. The number of nitrogens with one attached hydrogen (secondary N) is 1. The lowest BCUT2D eigenvalue weighted by Crippen LogP contribution is -2.38. The number of benzene rings is 3. The smallest absolute Gasteiger partial charge is 0.264 e. The van der Waals surface area contributed by atoms with Gasteiger partial charge in [-0.3, -0.25) is 13.9 Å². The minimum atomic E-state index is -4.15. The zero-order chi connectivity index (χ0) is 22.6. The summed E-state index contributed by atoms with van der Waals surface area (Å²) in [5, 5.41) is 2.90. The molecule has 0 aromatic heterocycles. The fourth-order valence-electron chi connectivity index (χ4n) is 2.83. The van der Waals surface area contributed by atoms with E-state index in [4.69, 9.17) is 28.9 Å². The number of hydrogen-bond acceptors (Lipinski definition) is 4. The van der Waals surface area contributed by atoms with E-state index >= 15 is 0 Å². The summed E-state index contributed by atoms with van der Waals surface area (Å²) in [4.78, 5) is 24.4. The zero-order valence-corrected chi connectivity index (χ0v) is 18.3. The average Bonchev–Trinajstić information content (AvgIpc) is 2.73. The first kappa shape index (κ1) is 22.6. The molecular weight excluding hydrogens is 461 g/mol. The van der Waals surface area contributed by atoms with E-state index in [1.807, 2.05) is 0 Å². The Bertz CT molecular complexity index is 1230. The third-order valence-corrected chi connectivity index (χ3v) is 6.58. The van der Waals surface area contributed by atoms with Crippen molar-refractivity contribution >= 4 is 56.4 Å². The van der Waals surface area contributed by atoms with Crippen LogP contribution >= 0.6 is 23.2 Å². The van der Waals surface area contributed by atoms with E-state index in [9.17, 15) is 18.0 Å². The van der Waals surface area contributed by atoms with Crippen molar-refractivity contribution in [1.82, 2.24) is 0 Å². The zero-order valence-electron chi connectivity index (χ0n) is 16.0. The number of carbonyl (C=O) groups excluding carboxylic acids is 2. The molecule has 3 rings (SSSR count). The van der Waals surface area contributed by atoms with Gasteiger partial charge < -0.3 is 11.1 Å². The Kier molecular flexibility index (Phi) is 6.84. The van der Waals surface area contributed by atoms with Crippen molar-refractivity contribution in [3.63, 3.8) is 0 Å². The van der Waals surface area contributed by atoms with Crippen LogP contribution in [0, 0.1) is 0 Å². The molecule has 0 heterocycles. The third kappa shape index (κ3) is 5.16. The van der Waals surface area contributed by atoms with Crippen LogP contribution in [0.25, 0.3) is 0 Å². The molecule has 0 aliphatic heterocycles. The largest absolute Gasteiger partial charge is 0.366 e. The van der Waals surface area contributed by atoms with Gasteiger partial charge >= 0.3 is 0 Å². The molecule has 3 aromatic rings. The Morgan fingerprint density at radius 3 is 2.23 bits per heavy atom. The maximum atomic E-state index is 13.3. The van der Waals surface area contributed by atoms with E-state index in [0.29, 0.717) is 5.02 Å². The maximum Gasteiger partial charge on any atom is 0.264 e. The molecule has 0 aliphatic rings. The van der Waals surface area contributed by atoms with Crippen LogP contribution in [0.3, 0.4) is 0 Å². The molecule has 0 spiro atoms.